The third kappa shape index (κ3) is 6.44. The zero-order chi connectivity index (χ0) is 19.9. The summed E-state index contributed by atoms with van der Waals surface area (Å²) in [6.45, 7) is 13.0. The molecule has 0 aromatic heterocycles. The minimum atomic E-state index is -1.31. The summed E-state index contributed by atoms with van der Waals surface area (Å²) >= 11 is 0. The molecule has 0 radical (unpaired) electrons. The van der Waals surface area contributed by atoms with Gasteiger partial charge >= 0.3 is 0 Å². The first kappa shape index (κ1) is 23.3. The average Bonchev–Trinajstić information content (AvgIpc) is 2.96. The number of methoxy groups -OCH3 is 1. The number of carbonyl (C=O) groups is 1. The molecule has 1 amide bonds. The Kier molecular flexibility index (Phi) is 9.99. The van der Waals surface area contributed by atoms with Crippen LogP contribution in [0, 0.1) is 17.2 Å². The molecular formula is C18H34N3O4P. The Balaban J connectivity index is 2.86. The van der Waals surface area contributed by atoms with Crippen molar-refractivity contribution in [3.63, 3.8) is 0 Å². The summed E-state index contributed by atoms with van der Waals surface area (Å²) in [5.74, 6) is -0.00938. The molecule has 0 spiro atoms. The van der Waals surface area contributed by atoms with Gasteiger partial charge in [-0.1, -0.05) is 13.8 Å². The molecule has 8 heteroatoms. The van der Waals surface area contributed by atoms with E-state index >= 15 is 0 Å². The first-order valence-electron chi connectivity index (χ1n) is 9.31. The van der Waals surface area contributed by atoms with Crippen molar-refractivity contribution in [1.82, 2.24) is 9.57 Å². The Bertz CT molecular complexity index is 474. The SMILES string of the molecule is CO[C@@H]1C[C@@H](OP(OCCC#N)N(C(C)C)C(C)C)CN1C(=O)C(C)C. The predicted molar refractivity (Wildman–Crippen MR) is 102 cm³/mol. The number of rotatable bonds is 10. The van der Waals surface area contributed by atoms with E-state index < -0.39 is 8.53 Å². The monoisotopic (exact) mass is 387 g/mol. The van der Waals surface area contributed by atoms with E-state index in [-0.39, 0.29) is 36.2 Å². The Morgan fingerprint density at radius 2 is 1.88 bits per heavy atom. The van der Waals surface area contributed by atoms with Gasteiger partial charge in [-0.15, -0.1) is 0 Å². The molecule has 1 aliphatic heterocycles. The van der Waals surface area contributed by atoms with Crippen LogP contribution >= 0.6 is 8.53 Å². The van der Waals surface area contributed by atoms with Crippen LogP contribution in [0.3, 0.4) is 0 Å². The Hall–Kier alpha value is -0.770. The molecule has 7 nitrogen and oxygen atoms in total. The lowest BCUT2D eigenvalue weighted by molar-refractivity contribution is -0.143. The lowest BCUT2D eigenvalue weighted by Crippen LogP contribution is -2.39. The minimum Gasteiger partial charge on any atom is -0.361 e. The topological polar surface area (TPSA) is 75.0 Å². The van der Waals surface area contributed by atoms with Crippen molar-refractivity contribution in [2.75, 3.05) is 20.3 Å². The first-order chi connectivity index (χ1) is 12.2. The van der Waals surface area contributed by atoms with Crippen molar-refractivity contribution in [3.05, 3.63) is 0 Å². The molecule has 0 aromatic carbocycles. The third-order valence-corrected chi connectivity index (χ3v) is 6.35. The number of amides is 1. The van der Waals surface area contributed by atoms with Crippen LogP contribution in [-0.4, -0.2) is 60.2 Å². The molecule has 150 valence electrons. The summed E-state index contributed by atoms with van der Waals surface area (Å²) in [5, 5.41) is 8.80. The van der Waals surface area contributed by atoms with Gasteiger partial charge in [-0.05, 0) is 27.7 Å². The third-order valence-electron chi connectivity index (χ3n) is 4.16. The highest BCUT2D eigenvalue weighted by Crippen LogP contribution is 2.48. The summed E-state index contributed by atoms with van der Waals surface area (Å²) in [7, 11) is 0.305. The van der Waals surface area contributed by atoms with E-state index in [1.54, 1.807) is 12.0 Å². The summed E-state index contributed by atoms with van der Waals surface area (Å²) < 4.78 is 20.0. The van der Waals surface area contributed by atoms with Crippen LogP contribution in [-0.2, 0) is 18.6 Å². The van der Waals surface area contributed by atoms with Gasteiger partial charge in [0.1, 0.15) is 6.23 Å². The smallest absolute Gasteiger partial charge is 0.259 e. The van der Waals surface area contributed by atoms with Gasteiger partial charge in [0.15, 0.2) is 0 Å². The number of hydrogen-bond donors (Lipinski definition) is 0. The highest BCUT2D eigenvalue weighted by Gasteiger charge is 2.40. The highest BCUT2D eigenvalue weighted by molar-refractivity contribution is 7.44. The summed E-state index contributed by atoms with van der Waals surface area (Å²) in [6.07, 6.45) is 0.544. The summed E-state index contributed by atoms with van der Waals surface area (Å²) in [4.78, 5) is 14.2. The number of nitrogens with zero attached hydrogens (tertiary/aromatic N) is 3. The fraction of sp³-hybridized carbons (Fsp3) is 0.889. The molecule has 1 heterocycles. The van der Waals surface area contributed by atoms with E-state index in [2.05, 4.69) is 38.4 Å². The molecule has 1 unspecified atom stereocenters. The Morgan fingerprint density at radius 1 is 1.27 bits per heavy atom. The van der Waals surface area contributed by atoms with Crippen molar-refractivity contribution in [3.8, 4) is 6.07 Å². The van der Waals surface area contributed by atoms with E-state index in [9.17, 15) is 4.79 Å². The Labute approximate surface area is 159 Å². The lowest BCUT2D eigenvalue weighted by atomic mass is 10.2. The van der Waals surface area contributed by atoms with Gasteiger partial charge in [-0.25, -0.2) is 4.67 Å². The predicted octanol–water partition coefficient (Wildman–Crippen LogP) is 3.51. The maximum atomic E-state index is 12.4. The second-order valence-electron chi connectivity index (χ2n) is 7.35. The number of ether oxygens (including phenoxy) is 1. The standard InChI is InChI=1S/C18H34N3O4P/c1-13(2)18(22)20-12-16(11-17(20)23-7)25-26(24-10-8-9-19)21(14(3)4)15(5)6/h13-17H,8,10-12H2,1-7H3/t16-,17-,26?/m1/s1. The van der Waals surface area contributed by atoms with Gasteiger partial charge < -0.3 is 18.7 Å². The number of carbonyl (C=O) groups excluding carboxylic acids is 1. The van der Waals surface area contributed by atoms with Crippen LogP contribution in [0.15, 0.2) is 0 Å². The van der Waals surface area contributed by atoms with Gasteiger partial charge in [0.2, 0.25) is 5.91 Å². The Morgan fingerprint density at radius 3 is 2.35 bits per heavy atom. The fourth-order valence-corrected chi connectivity index (χ4v) is 4.76. The fourth-order valence-electron chi connectivity index (χ4n) is 3.05. The molecule has 1 fully saturated rings. The highest BCUT2D eigenvalue weighted by atomic mass is 31.2. The van der Waals surface area contributed by atoms with Crippen LogP contribution in [0.1, 0.15) is 54.4 Å². The molecule has 0 bridgehead atoms. The average molecular weight is 387 g/mol. The lowest BCUT2D eigenvalue weighted by Gasteiger charge is -2.36. The van der Waals surface area contributed by atoms with Crippen molar-refractivity contribution < 1.29 is 18.6 Å². The molecule has 0 aliphatic carbocycles. The second-order valence-corrected chi connectivity index (χ2v) is 8.75. The van der Waals surface area contributed by atoms with Crippen LogP contribution < -0.4 is 0 Å². The molecule has 0 aromatic rings. The van der Waals surface area contributed by atoms with Crippen molar-refractivity contribution >= 4 is 14.4 Å². The van der Waals surface area contributed by atoms with E-state index in [0.717, 1.165) is 0 Å². The van der Waals surface area contributed by atoms with E-state index in [4.69, 9.17) is 19.0 Å². The van der Waals surface area contributed by atoms with E-state index in [0.29, 0.717) is 26.0 Å². The van der Waals surface area contributed by atoms with E-state index in [1.807, 2.05) is 13.8 Å². The van der Waals surface area contributed by atoms with Gasteiger partial charge in [0, 0.05) is 31.5 Å². The molecular weight excluding hydrogens is 353 g/mol. The van der Waals surface area contributed by atoms with Crippen LogP contribution in [0.4, 0.5) is 0 Å². The van der Waals surface area contributed by atoms with Gasteiger partial charge in [0.05, 0.1) is 31.7 Å². The maximum Gasteiger partial charge on any atom is 0.259 e. The zero-order valence-electron chi connectivity index (χ0n) is 17.1. The largest absolute Gasteiger partial charge is 0.361 e. The normalized spacial score (nSPS) is 21.8. The van der Waals surface area contributed by atoms with Gasteiger partial charge in [-0.2, -0.15) is 5.26 Å². The van der Waals surface area contributed by atoms with Gasteiger partial charge in [-0.3, -0.25) is 4.79 Å². The number of hydrogen-bond acceptors (Lipinski definition) is 6. The van der Waals surface area contributed by atoms with Crippen molar-refractivity contribution in [1.29, 1.82) is 5.26 Å². The number of nitriles is 1. The molecule has 1 saturated heterocycles. The quantitative estimate of drug-likeness (QED) is 0.422. The first-order valence-corrected chi connectivity index (χ1v) is 10.4. The molecule has 1 rings (SSSR count). The zero-order valence-corrected chi connectivity index (χ0v) is 18.0. The molecule has 3 atom stereocenters. The van der Waals surface area contributed by atoms with E-state index in [1.165, 1.54) is 0 Å². The summed E-state index contributed by atoms with van der Waals surface area (Å²) in [6, 6.07) is 2.60. The molecule has 26 heavy (non-hydrogen) atoms. The van der Waals surface area contributed by atoms with Crippen molar-refractivity contribution in [2.24, 2.45) is 5.92 Å². The van der Waals surface area contributed by atoms with Crippen LogP contribution in [0.25, 0.3) is 0 Å². The second kappa shape index (κ2) is 11.2. The van der Waals surface area contributed by atoms with Crippen molar-refractivity contribution in [2.45, 2.75) is 78.8 Å². The van der Waals surface area contributed by atoms with Crippen LogP contribution in [0.5, 0.6) is 0 Å². The number of likely N-dealkylation sites (tertiary alicyclic amines) is 1. The van der Waals surface area contributed by atoms with Crippen LogP contribution in [0.2, 0.25) is 0 Å². The molecule has 1 aliphatic rings. The van der Waals surface area contributed by atoms with Gasteiger partial charge in [0.25, 0.3) is 8.53 Å². The summed E-state index contributed by atoms with van der Waals surface area (Å²) in [5.41, 5.74) is 0. The maximum absolute atomic E-state index is 12.4. The molecule has 0 saturated carbocycles. The molecule has 0 N–H and O–H groups in total. The minimum absolute atomic E-state index is 0.0715.